The predicted molar refractivity (Wildman–Crippen MR) is 81.6 cm³/mol. The average molecular weight is 301 g/mol. The third kappa shape index (κ3) is 2.22. The highest BCUT2D eigenvalue weighted by molar-refractivity contribution is 5.97. The first-order valence-corrected chi connectivity index (χ1v) is 7.30. The minimum absolute atomic E-state index is 0.315. The molecule has 1 saturated heterocycles. The normalized spacial score (nSPS) is 32.2. The molecule has 0 aromatic heterocycles. The number of ether oxygens (including phenoxy) is 1. The maximum atomic E-state index is 12.6. The van der Waals surface area contributed by atoms with E-state index in [4.69, 9.17) is 4.74 Å². The van der Waals surface area contributed by atoms with Crippen molar-refractivity contribution in [3.63, 3.8) is 0 Å². The summed E-state index contributed by atoms with van der Waals surface area (Å²) in [5.74, 6) is -2.90. The van der Waals surface area contributed by atoms with Crippen LogP contribution in [0.5, 0.6) is 0 Å². The van der Waals surface area contributed by atoms with Crippen molar-refractivity contribution in [1.29, 1.82) is 0 Å². The van der Waals surface area contributed by atoms with E-state index >= 15 is 0 Å². The van der Waals surface area contributed by atoms with E-state index < -0.39 is 29.5 Å². The lowest BCUT2D eigenvalue weighted by atomic mass is 9.75. The van der Waals surface area contributed by atoms with Crippen LogP contribution in [-0.2, 0) is 14.3 Å². The highest BCUT2D eigenvalue weighted by Gasteiger charge is 2.59. The molecule has 2 aliphatic rings. The van der Waals surface area contributed by atoms with Gasteiger partial charge in [0.2, 0.25) is 5.91 Å². The number of nitrogens with one attached hydrogen (secondary N) is 1. The minimum atomic E-state index is -1.00. The Balaban J connectivity index is 1.86. The van der Waals surface area contributed by atoms with Gasteiger partial charge in [-0.1, -0.05) is 18.2 Å². The van der Waals surface area contributed by atoms with E-state index in [9.17, 15) is 14.7 Å². The van der Waals surface area contributed by atoms with Crippen LogP contribution in [0.1, 0.15) is 18.1 Å². The Morgan fingerprint density at radius 2 is 2.00 bits per heavy atom. The molecule has 0 aliphatic carbocycles. The fourth-order valence-corrected chi connectivity index (χ4v) is 3.32. The van der Waals surface area contributed by atoms with Crippen molar-refractivity contribution in [3.05, 3.63) is 41.5 Å². The number of carboxylic acid groups (broad SMARTS) is 1. The van der Waals surface area contributed by atoms with Gasteiger partial charge in [-0.05, 0) is 44.0 Å². The zero-order chi connectivity index (χ0) is 16.1. The fourth-order valence-electron chi connectivity index (χ4n) is 3.32. The molecule has 2 heterocycles. The lowest BCUT2D eigenvalue weighted by molar-refractivity contribution is -0.146. The van der Waals surface area contributed by atoms with E-state index in [1.54, 1.807) is 19.1 Å². The van der Waals surface area contributed by atoms with Gasteiger partial charge in [-0.25, -0.2) is 0 Å². The first-order valence-electron chi connectivity index (χ1n) is 7.30. The van der Waals surface area contributed by atoms with Crippen LogP contribution in [0, 0.1) is 25.7 Å². The molecular weight excluding hydrogens is 282 g/mol. The molecule has 1 amide bonds. The SMILES string of the molecule is Cc1ccc(NC(=O)C2C(C(=O)O)C3C=CC2(C)O3)cc1C. The van der Waals surface area contributed by atoms with Crippen molar-refractivity contribution >= 4 is 17.6 Å². The van der Waals surface area contributed by atoms with E-state index in [1.807, 2.05) is 32.0 Å². The Kier molecular flexibility index (Phi) is 3.33. The second kappa shape index (κ2) is 4.95. The Morgan fingerprint density at radius 3 is 2.64 bits per heavy atom. The highest BCUT2D eigenvalue weighted by atomic mass is 16.5. The van der Waals surface area contributed by atoms with Crippen molar-refractivity contribution in [3.8, 4) is 0 Å². The quantitative estimate of drug-likeness (QED) is 0.840. The van der Waals surface area contributed by atoms with Crippen LogP contribution in [0.25, 0.3) is 0 Å². The van der Waals surface area contributed by atoms with Crippen molar-refractivity contribution in [2.45, 2.75) is 32.5 Å². The van der Waals surface area contributed by atoms with Gasteiger partial charge in [0.15, 0.2) is 0 Å². The molecule has 1 fully saturated rings. The molecule has 1 aromatic carbocycles. The maximum absolute atomic E-state index is 12.6. The third-order valence-electron chi connectivity index (χ3n) is 4.68. The molecule has 116 valence electrons. The summed E-state index contributed by atoms with van der Waals surface area (Å²) in [4.78, 5) is 24.1. The number of aryl methyl sites for hydroxylation is 2. The van der Waals surface area contributed by atoms with Crippen molar-refractivity contribution < 1.29 is 19.4 Å². The van der Waals surface area contributed by atoms with Crippen molar-refractivity contribution in [1.82, 2.24) is 0 Å². The van der Waals surface area contributed by atoms with Crippen LogP contribution >= 0.6 is 0 Å². The molecule has 4 atom stereocenters. The smallest absolute Gasteiger partial charge is 0.310 e. The molecule has 22 heavy (non-hydrogen) atoms. The van der Waals surface area contributed by atoms with Crippen LogP contribution in [0.2, 0.25) is 0 Å². The van der Waals surface area contributed by atoms with Crippen molar-refractivity contribution in [2.75, 3.05) is 5.32 Å². The van der Waals surface area contributed by atoms with Crippen LogP contribution in [0.3, 0.4) is 0 Å². The molecule has 5 heteroatoms. The molecule has 4 unspecified atom stereocenters. The summed E-state index contributed by atoms with van der Waals surface area (Å²) in [7, 11) is 0. The standard InChI is InChI=1S/C17H19NO4/c1-9-4-5-11(8-10(9)2)18-15(19)14-13(16(20)21)12-6-7-17(14,3)22-12/h4-8,12-14H,1-3H3,(H,18,19)(H,20,21). The van der Waals surface area contributed by atoms with Crippen molar-refractivity contribution in [2.24, 2.45) is 11.8 Å². The number of carbonyl (C=O) groups excluding carboxylic acids is 1. The number of fused-ring (bicyclic) bond motifs is 2. The second-order valence-electron chi connectivity index (χ2n) is 6.26. The lowest BCUT2D eigenvalue weighted by Gasteiger charge is -2.27. The van der Waals surface area contributed by atoms with Gasteiger partial charge < -0.3 is 15.2 Å². The molecule has 0 radical (unpaired) electrons. The van der Waals surface area contributed by atoms with Gasteiger partial charge in [-0.3, -0.25) is 9.59 Å². The Bertz CT molecular complexity index is 681. The molecule has 0 spiro atoms. The highest BCUT2D eigenvalue weighted by Crippen LogP contribution is 2.47. The minimum Gasteiger partial charge on any atom is -0.481 e. The van der Waals surface area contributed by atoms with Gasteiger partial charge in [-0.15, -0.1) is 0 Å². The van der Waals surface area contributed by atoms with Crippen LogP contribution in [0.15, 0.2) is 30.4 Å². The Hall–Kier alpha value is -2.14. The molecule has 3 rings (SSSR count). The number of hydrogen-bond acceptors (Lipinski definition) is 3. The topological polar surface area (TPSA) is 75.6 Å². The van der Waals surface area contributed by atoms with Gasteiger partial charge in [0.25, 0.3) is 0 Å². The average Bonchev–Trinajstić information content (AvgIpc) is 2.95. The molecule has 2 aliphatic heterocycles. The molecule has 0 saturated carbocycles. The molecular formula is C17H19NO4. The molecule has 5 nitrogen and oxygen atoms in total. The summed E-state index contributed by atoms with van der Waals surface area (Å²) < 4.78 is 5.70. The van der Waals surface area contributed by atoms with E-state index in [1.165, 1.54) is 0 Å². The number of rotatable bonds is 3. The Labute approximate surface area is 129 Å². The van der Waals surface area contributed by atoms with E-state index in [-0.39, 0.29) is 5.91 Å². The second-order valence-corrected chi connectivity index (χ2v) is 6.26. The first-order chi connectivity index (χ1) is 10.3. The first kappa shape index (κ1) is 14.8. The van der Waals surface area contributed by atoms with E-state index in [0.717, 1.165) is 11.1 Å². The molecule has 2 bridgehead atoms. The predicted octanol–water partition coefficient (Wildman–Crippen LogP) is 2.29. The van der Waals surface area contributed by atoms with Crippen LogP contribution < -0.4 is 5.32 Å². The molecule has 1 aromatic rings. The summed E-state index contributed by atoms with van der Waals surface area (Å²) >= 11 is 0. The number of carboxylic acids is 1. The van der Waals surface area contributed by atoms with Gasteiger partial charge >= 0.3 is 5.97 Å². The summed E-state index contributed by atoms with van der Waals surface area (Å²) in [6.45, 7) is 5.73. The third-order valence-corrected chi connectivity index (χ3v) is 4.68. The maximum Gasteiger partial charge on any atom is 0.310 e. The van der Waals surface area contributed by atoms with Gasteiger partial charge in [0, 0.05) is 5.69 Å². The number of carbonyl (C=O) groups is 2. The van der Waals surface area contributed by atoms with Crippen LogP contribution in [-0.4, -0.2) is 28.7 Å². The van der Waals surface area contributed by atoms with Gasteiger partial charge in [-0.2, -0.15) is 0 Å². The van der Waals surface area contributed by atoms with Gasteiger partial charge in [0.1, 0.15) is 5.92 Å². The monoisotopic (exact) mass is 301 g/mol. The zero-order valence-corrected chi connectivity index (χ0v) is 12.8. The number of hydrogen-bond donors (Lipinski definition) is 2. The number of aliphatic carboxylic acids is 1. The summed E-state index contributed by atoms with van der Waals surface area (Å²) in [5.41, 5.74) is 2.03. The zero-order valence-electron chi connectivity index (χ0n) is 12.8. The lowest BCUT2D eigenvalue weighted by Crippen LogP contribution is -2.44. The summed E-state index contributed by atoms with van der Waals surface area (Å²) in [6, 6.07) is 5.63. The van der Waals surface area contributed by atoms with Gasteiger partial charge in [0.05, 0.1) is 17.6 Å². The van der Waals surface area contributed by atoms with E-state index in [0.29, 0.717) is 5.69 Å². The summed E-state index contributed by atoms with van der Waals surface area (Å²) in [6.07, 6.45) is 3.00. The Morgan fingerprint density at radius 1 is 1.27 bits per heavy atom. The number of anilines is 1. The largest absolute Gasteiger partial charge is 0.481 e. The van der Waals surface area contributed by atoms with Crippen LogP contribution in [0.4, 0.5) is 5.69 Å². The summed E-state index contributed by atoms with van der Waals surface area (Å²) in [5, 5.41) is 12.3. The number of benzene rings is 1. The number of amides is 1. The van der Waals surface area contributed by atoms with E-state index in [2.05, 4.69) is 5.32 Å². The molecule has 2 N–H and O–H groups in total. The fraction of sp³-hybridized carbons (Fsp3) is 0.412.